The van der Waals surface area contributed by atoms with Crippen LogP contribution in [0.1, 0.15) is 29.7 Å². The second kappa shape index (κ2) is 5.83. The Morgan fingerprint density at radius 3 is 2.33 bits per heavy atom. The molecule has 2 aromatic rings. The number of hydrogen-bond acceptors (Lipinski definition) is 3. The minimum atomic E-state index is 0.244. The summed E-state index contributed by atoms with van der Waals surface area (Å²) in [5.74, 6) is 1.08. The first-order chi connectivity index (χ1) is 8.74. The van der Waals surface area contributed by atoms with Crippen LogP contribution in [0.3, 0.4) is 0 Å². The summed E-state index contributed by atoms with van der Waals surface area (Å²) in [5, 5.41) is 8.71. The molecule has 1 aromatic heterocycles. The first-order valence-electron chi connectivity index (χ1n) is 5.49. The summed E-state index contributed by atoms with van der Waals surface area (Å²) in [6, 6.07) is 13.7. The van der Waals surface area contributed by atoms with Gasteiger partial charge in [-0.1, -0.05) is 25.1 Å². The van der Waals surface area contributed by atoms with Gasteiger partial charge in [-0.25, -0.2) is 4.98 Å². The molecule has 3 nitrogen and oxygen atoms in total. The average molecular weight is 350 g/mol. The van der Waals surface area contributed by atoms with E-state index in [0.717, 1.165) is 11.3 Å². The molecule has 0 saturated heterocycles. The number of pyridine rings is 1. The van der Waals surface area contributed by atoms with Gasteiger partial charge < -0.3 is 3.07 Å². The molecule has 0 aliphatic carbocycles. The largest absolute Gasteiger partial charge is 0.428 e. The maximum absolute atomic E-state index is 8.71. The van der Waals surface area contributed by atoms with E-state index in [4.69, 9.17) is 8.33 Å². The molecule has 0 amide bonds. The molecule has 0 aliphatic heterocycles. The highest BCUT2D eigenvalue weighted by Crippen LogP contribution is 2.25. The molecule has 1 aromatic carbocycles. The van der Waals surface area contributed by atoms with Gasteiger partial charge >= 0.3 is 0 Å². The first-order valence-corrected chi connectivity index (χ1v) is 6.37. The van der Waals surface area contributed by atoms with Crippen molar-refractivity contribution in [2.45, 2.75) is 12.8 Å². The number of halogens is 1. The van der Waals surface area contributed by atoms with Crippen LogP contribution in [0.15, 0.2) is 42.6 Å². The standard InChI is InChI=1S/C14H11IN2O/c1-10(11-3-6-14(18-15)7-4-11)12-2-5-13(8-16)17-9-12/h2-7,9-10H,1H3. The van der Waals surface area contributed by atoms with Crippen molar-refractivity contribution in [2.24, 2.45) is 0 Å². The SMILES string of the molecule is CC(c1ccc(OI)cc1)c1ccc(C#N)nc1. The lowest BCUT2D eigenvalue weighted by Gasteiger charge is -2.12. The third-order valence-corrected chi connectivity index (χ3v) is 3.38. The monoisotopic (exact) mass is 350 g/mol. The topological polar surface area (TPSA) is 45.9 Å². The number of rotatable bonds is 3. The van der Waals surface area contributed by atoms with E-state index in [-0.39, 0.29) is 5.92 Å². The lowest BCUT2D eigenvalue weighted by molar-refractivity contribution is 0.715. The molecule has 0 aliphatic rings. The van der Waals surface area contributed by atoms with Gasteiger partial charge in [0.25, 0.3) is 0 Å². The summed E-state index contributed by atoms with van der Waals surface area (Å²) in [6.07, 6.45) is 1.76. The Labute approximate surface area is 120 Å². The molecule has 1 heterocycles. The van der Waals surface area contributed by atoms with Gasteiger partial charge in [-0.15, -0.1) is 0 Å². The molecule has 0 saturated carbocycles. The van der Waals surface area contributed by atoms with E-state index in [1.54, 1.807) is 12.3 Å². The molecule has 0 N–H and O–H groups in total. The number of nitrogens with zero attached hydrogens (tertiary/aromatic N) is 2. The molecule has 90 valence electrons. The lowest BCUT2D eigenvalue weighted by Crippen LogP contribution is -1.97. The summed E-state index contributed by atoms with van der Waals surface area (Å²) in [7, 11) is 0. The third kappa shape index (κ3) is 2.79. The fourth-order valence-corrected chi connectivity index (χ4v) is 2.02. The van der Waals surface area contributed by atoms with Gasteiger partial charge in [0.2, 0.25) is 0 Å². The average Bonchev–Trinajstić information content (AvgIpc) is 2.47. The van der Waals surface area contributed by atoms with Crippen LogP contribution in [0.25, 0.3) is 0 Å². The van der Waals surface area contributed by atoms with Crippen molar-refractivity contribution in [1.29, 1.82) is 5.26 Å². The van der Waals surface area contributed by atoms with Gasteiger partial charge in [-0.05, 0) is 29.3 Å². The smallest absolute Gasteiger partial charge is 0.192 e. The molecule has 18 heavy (non-hydrogen) atoms. The van der Waals surface area contributed by atoms with Crippen molar-refractivity contribution in [3.63, 3.8) is 0 Å². The quantitative estimate of drug-likeness (QED) is 0.791. The molecular weight excluding hydrogens is 339 g/mol. The van der Waals surface area contributed by atoms with Gasteiger partial charge in [0.15, 0.2) is 23.0 Å². The van der Waals surface area contributed by atoms with E-state index in [0.29, 0.717) is 5.69 Å². The number of aromatic nitrogens is 1. The fraction of sp³-hybridized carbons (Fsp3) is 0.143. The second-order valence-corrected chi connectivity index (χ2v) is 4.40. The molecule has 0 spiro atoms. The van der Waals surface area contributed by atoms with Crippen molar-refractivity contribution in [2.75, 3.05) is 0 Å². The van der Waals surface area contributed by atoms with Crippen molar-refractivity contribution >= 4 is 23.0 Å². The number of benzene rings is 1. The number of hydrogen-bond donors (Lipinski definition) is 0. The maximum atomic E-state index is 8.71. The summed E-state index contributed by atoms with van der Waals surface area (Å²) >= 11 is 1.86. The highest BCUT2D eigenvalue weighted by molar-refractivity contribution is 14.1. The van der Waals surface area contributed by atoms with E-state index in [2.05, 4.69) is 11.9 Å². The van der Waals surface area contributed by atoms with Gasteiger partial charge in [0.1, 0.15) is 17.5 Å². The Bertz CT molecular complexity index is 558. The molecule has 1 unspecified atom stereocenters. The van der Waals surface area contributed by atoms with Crippen LogP contribution in [-0.4, -0.2) is 4.98 Å². The lowest BCUT2D eigenvalue weighted by atomic mass is 9.94. The minimum absolute atomic E-state index is 0.244. The van der Waals surface area contributed by atoms with Crippen LogP contribution in [0.5, 0.6) is 5.75 Å². The Morgan fingerprint density at radius 2 is 1.83 bits per heavy atom. The predicted octanol–water partition coefficient (Wildman–Crippen LogP) is 3.83. The van der Waals surface area contributed by atoms with E-state index < -0.39 is 0 Å². The van der Waals surface area contributed by atoms with E-state index in [1.807, 2.05) is 59.4 Å². The van der Waals surface area contributed by atoms with E-state index in [9.17, 15) is 0 Å². The summed E-state index contributed by atoms with van der Waals surface area (Å²) in [6.45, 7) is 2.11. The van der Waals surface area contributed by atoms with Crippen LogP contribution in [-0.2, 0) is 0 Å². The summed E-state index contributed by atoms with van der Waals surface area (Å²) in [4.78, 5) is 4.09. The van der Waals surface area contributed by atoms with Crippen molar-refractivity contribution < 1.29 is 3.07 Å². The highest BCUT2D eigenvalue weighted by atomic mass is 127. The van der Waals surface area contributed by atoms with Crippen molar-refractivity contribution in [3.8, 4) is 11.8 Å². The zero-order chi connectivity index (χ0) is 13.0. The number of nitriles is 1. The maximum Gasteiger partial charge on any atom is 0.192 e. The molecule has 0 fully saturated rings. The van der Waals surface area contributed by atoms with Crippen LogP contribution >= 0.6 is 23.0 Å². The fourth-order valence-electron chi connectivity index (χ4n) is 1.73. The summed E-state index contributed by atoms with van der Waals surface area (Å²) in [5.41, 5.74) is 2.73. The van der Waals surface area contributed by atoms with Gasteiger partial charge in [-0.3, -0.25) is 0 Å². The Balaban J connectivity index is 2.23. The minimum Gasteiger partial charge on any atom is -0.428 e. The molecule has 2 rings (SSSR count). The van der Waals surface area contributed by atoms with Crippen LogP contribution in [0, 0.1) is 11.3 Å². The van der Waals surface area contributed by atoms with E-state index in [1.165, 1.54) is 5.56 Å². The Kier molecular flexibility index (Phi) is 4.15. The van der Waals surface area contributed by atoms with Crippen molar-refractivity contribution in [1.82, 2.24) is 4.98 Å². The third-order valence-electron chi connectivity index (χ3n) is 2.87. The second-order valence-electron chi connectivity index (χ2n) is 3.96. The van der Waals surface area contributed by atoms with Gasteiger partial charge in [-0.2, -0.15) is 5.26 Å². The zero-order valence-corrected chi connectivity index (χ0v) is 12.0. The normalized spacial score (nSPS) is 11.6. The predicted molar refractivity (Wildman–Crippen MR) is 77.6 cm³/mol. The highest BCUT2D eigenvalue weighted by Gasteiger charge is 2.09. The van der Waals surface area contributed by atoms with Crippen molar-refractivity contribution in [3.05, 3.63) is 59.4 Å². The zero-order valence-electron chi connectivity index (χ0n) is 9.80. The molecular formula is C14H11IN2O. The first kappa shape index (κ1) is 12.8. The Hall–Kier alpha value is -1.61. The van der Waals surface area contributed by atoms with Crippen LogP contribution < -0.4 is 3.07 Å². The molecule has 4 heteroatoms. The van der Waals surface area contributed by atoms with E-state index >= 15 is 0 Å². The Morgan fingerprint density at radius 1 is 1.17 bits per heavy atom. The molecule has 0 bridgehead atoms. The van der Waals surface area contributed by atoms with Crippen LogP contribution in [0.4, 0.5) is 0 Å². The molecule has 0 radical (unpaired) electrons. The summed E-state index contributed by atoms with van der Waals surface area (Å²) < 4.78 is 5.11. The van der Waals surface area contributed by atoms with Crippen LogP contribution in [0.2, 0.25) is 0 Å². The van der Waals surface area contributed by atoms with Gasteiger partial charge in [0, 0.05) is 12.1 Å². The molecule has 1 atom stereocenters. The van der Waals surface area contributed by atoms with Gasteiger partial charge in [0.05, 0.1) is 0 Å².